The van der Waals surface area contributed by atoms with Gasteiger partial charge in [0.05, 0.1) is 11.3 Å². The van der Waals surface area contributed by atoms with Gasteiger partial charge in [-0.2, -0.15) is 8.42 Å². The van der Waals surface area contributed by atoms with Crippen molar-refractivity contribution in [2.24, 2.45) is 9.39 Å². The van der Waals surface area contributed by atoms with Crippen molar-refractivity contribution in [1.29, 1.82) is 0 Å². The standard InChI is InChI=1S/C22H19N5O5S/c1-4-15(18-12-13-8-5-6-11-17(13)32-18)23-20-21(26-33(30,31)25-20)24-16-10-7-9-14(19(16)28)22(29)27(2)3/h1,5-12,15,28H,2-3H3,(H,23,25)(H,24,26). The second kappa shape index (κ2) is 8.33. The van der Waals surface area contributed by atoms with E-state index in [4.69, 9.17) is 10.8 Å². The smallest absolute Gasteiger partial charge is 0.345 e. The maximum atomic E-state index is 12.3. The Morgan fingerprint density at radius 1 is 1.27 bits per heavy atom. The molecule has 11 heteroatoms. The van der Waals surface area contributed by atoms with Crippen molar-refractivity contribution in [3.8, 4) is 18.1 Å². The van der Waals surface area contributed by atoms with Crippen LogP contribution in [0.4, 0.5) is 5.69 Å². The number of carbonyl (C=O) groups excluding carboxylic acids is 1. The molecule has 1 aliphatic rings. The van der Waals surface area contributed by atoms with Gasteiger partial charge in [0.25, 0.3) is 5.91 Å². The molecule has 0 spiro atoms. The average molecular weight is 465 g/mol. The number of benzene rings is 2. The van der Waals surface area contributed by atoms with E-state index in [2.05, 4.69) is 25.3 Å². The largest absolute Gasteiger partial charge is 0.505 e. The van der Waals surface area contributed by atoms with E-state index >= 15 is 0 Å². The maximum absolute atomic E-state index is 12.3. The minimum absolute atomic E-state index is 0.0293. The molecule has 1 aromatic heterocycles. The zero-order chi connectivity index (χ0) is 23.8. The number of furan rings is 1. The molecule has 1 atom stereocenters. The van der Waals surface area contributed by atoms with E-state index in [1.54, 1.807) is 26.2 Å². The van der Waals surface area contributed by atoms with Crippen LogP contribution < -0.4 is 10.0 Å². The van der Waals surface area contributed by atoms with Crippen LogP contribution in [0.1, 0.15) is 22.2 Å². The number of carbonyl (C=O) groups is 1. The van der Waals surface area contributed by atoms with Crippen LogP contribution in [0.15, 0.2) is 62.3 Å². The molecule has 33 heavy (non-hydrogen) atoms. The number of para-hydroxylation sites is 2. The van der Waals surface area contributed by atoms with Crippen molar-refractivity contribution in [2.45, 2.75) is 6.04 Å². The van der Waals surface area contributed by atoms with Gasteiger partial charge in [-0.1, -0.05) is 30.2 Å². The van der Waals surface area contributed by atoms with Gasteiger partial charge in [0, 0.05) is 19.5 Å². The lowest BCUT2D eigenvalue weighted by Crippen LogP contribution is -2.31. The van der Waals surface area contributed by atoms with Gasteiger partial charge in [-0.05, 0) is 24.3 Å². The number of fused-ring (bicyclic) bond motifs is 1. The first-order chi connectivity index (χ1) is 15.7. The van der Waals surface area contributed by atoms with Crippen LogP contribution in [-0.4, -0.2) is 50.1 Å². The highest BCUT2D eigenvalue weighted by Crippen LogP contribution is 2.30. The van der Waals surface area contributed by atoms with Gasteiger partial charge in [0.2, 0.25) is 0 Å². The number of phenolic OH excluding ortho intramolecular Hbond substituents is 1. The van der Waals surface area contributed by atoms with Crippen LogP contribution in [0.25, 0.3) is 11.0 Å². The number of phenols is 1. The van der Waals surface area contributed by atoms with Gasteiger partial charge in [-0.3, -0.25) is 4.79 Å². The molecule has 2 aromatic carbocycles. The number of anilines is 1. The molecule has 168 valence electrons. The van der Waals surface area contributed by atoms with Crippen LogP contribution >= 0.6 is 0 Å². The molecule has 2 heterocycles. The quantitative estimate of drug-likeness (QED) is 0.399. The molecule has 0 saturated heterocycles. The maximum Gasteiger partial charge on any atom is 0.345 e. The summed E-state index contributed by atoms with van der Waals surface area (Å²) in [4.78, 5) is 17.9. The molecular weight excluding hydrogens is 446 g/mol. The predicted molar refractivity (Wildman–Crippen MR) is 124 cm³/mol. The highest BCUT2D eigenvalue weighted by atomic mass is 32.2. The van der Waals surface area contributed by atoms with E-state index in [-0.39, 0.29) is 28.7 Å². The van der Waals surface area contributed by atoms with Crippen molar-refractivity contribution >= 4 is 44.4 Å². The number of rotatable bonds is 4. The molecule has 0 bridgehead atoms. The zero-order valence-electron chi connectivity index (χ0n) is 17.6. The summed E-state index contributed by atoms with van der Waals surface area (Å²) in [6.45, 7) is 0. The number of nitrogens with one attached hydrogen (secondary N) is 2. The van der Waals surface area contributed by atoms with Gasteiger partial charge < -0.3 is 19.7 Å². The number of aliphatic imine (C=N–C) groups is 1. The predicted octanol–water partition coefficient (Wildman–Crippen LogP) is 2.27. The topological polar surface area (TPSA) is 137 Å². The Balaban J connectivity index is 1.69. The third kappa shape index (κ3) is 4.37. The number of terminal acetylenes is 1. The SMILES string of the molecule is C#CC(N=C1NS(=O)(=O)N=C1Nc1cccc(C(=O)N(C)C)c1O)c1cc2ccccc2o1. The van der Waals surface area contributed by atoms with Crippen LogP contribution in [0.5, 0.6) is 5.75 Å². The summed E-state index contributed by atoms with van der Waals surface area (Å²) < 4.78 is 35.8. The molecular formula is C22H19N5O5S. The first kappa shape index (κ1) is 21.9. The molecule has 0 radical (unpaired) electrons. The lowest BCUT2D eigenvalue weighted by molar-refractivity contribution is 0.0824. The summed E-state index contributed by atoms with van der Waals surface area (Å²) in [6, 6.07) is 12.5. The molecule has 4 rings (SSSR count). The molecule has 0 aliphatic carbocycles. The Morgan fingerprint density at radius 2 is 2.03 bits per heavy atom. The summed E-state index contributed by atoms with van der Waals surface area (Å²) in [5, 5.41) is 14.1. The van der Waals surface area contributed by atoms with Gasteiger partial charge in [-0.25, -0.2) is 9.71 Å². The first-order valence-corrected chi connectivity index (χ1v) is 11.1. The fraction of sp³-hybridized carbons (Fsp3) is 0.136. The summed E-state index contributed by atoms with van der Waals surface area (Å²) >= 11 is 0. The number of amidine groups is 2. The van der Waals surface area contributed by atoms with Crippen molar-refractivity contribution in [1.82, 2.24) is 9.62 Å². The molecule has 1 unspecified atom stereocenters. The monoisotopic (exact) mass is 465 g/mol. The third-order valence-electron chi connectivity index (χ3n) is 4.72. The molecule has 3 aromatic rings. The minimum atomic E-state index is -4.09. The molecule has 1 aliphatic heterocycles. The fourth-order valence-corrected chi connectivity index (χ4v) is 3.97. The second-order valence-corrected chi connectivity index (χ2v) is 8.61. The fourth-order valence-electron chi connectivity index (χ4n) is 3.16. The highest BCUT2D eigenvalue weighted by molar-refractivity contribution is 7.89. The summed E-state index contributed by atoms with van der Waals surface area (Å²) in [6.07, 6.45) is 5.64. The molecule has 0 saturated carbocycles. The minimum Gasteiger partial charge on any atom is -0.505 e. The molecule has 3 N–H and O–H groups in total. The Kier molecular flexibility index (Phi) is 5.53. The van der Waals surface area contributed by atoms with E-state index in [1.807, 2.05) is 18.2 Å². The number of hydrogen-bond donors (Lipinski definition) is 3. The van der Waals surface area contributed by atoms with E-state index in [0.717, 1.165) is 5.39 Å². The van der Waals surface area contributed by atoms with E-state index in [1.165, 1.54) is 23.1 Å². The van der Waals surface area contributed by atoms with Gasteiger partial charge in [0.15, 0.2) is 23.5 Å². The Morgan fingerprint density at radius 3 is 2.73 bits per heavy atom. The van der Waals surface area contributed by atoms with Gasteiger partial charge in [-0.15, -0.1) is 10.8 Å². The lowest BCUT2D eigenvalue weighted by atomic mass is 10.1. The Labute approximate surface area is 189 Å². The van der Waals surface area contributed by atoms with Crippen LogP contribution in [-0.2, 0) is 10.2 Å². The van der Waals surface area contributed by atoms with Crippen LogP contribution in [0.2, 0.25) is 0 Å². The number of nitrogens with zero attached hydrogens (tertiary/aromatic N) is 3. The first-order valence-electron chi connectivity index (χ1n) is 9.64. The zero-order valence-corrected chi connectivity index (χ0v) is 18.4. The highest BCUT2D eigenvalue weighted by Gasteiger charge is 2.29. The summed E-state index contributed by atoms with van der Waals surface area (Å²) in [5.74, 6) is 1.65. The lowest BCUT2D eigenvalue weighted by Gasteiger charge is -2.14. The van der Waals surface area contributed by atoms with Crippen LogP contribution in [0.3, 0.4) is 0 Å². The molecule has 1 amide bonds. The van der Waals surface area contributed by atoms with Crippen molar-refractivity contribution in [3.05, 3.63) is 59.9 Å². The second-order valence-electron chi connectivity index (χ2n) is 7.28. The Hall–Kier alpha value is -4.30. The van der Waals surface area contributed by atoms with E-state index in [9.17, 15) is 18.3 Å². The number of aromatic hydroxyl groups is 1. The summed E-state index contributed by atoms with van der Waals surface area (Å²) in [5.41, 5.74) is 0.704. The average Bonchev–Trinajstić information content (AvgIpc) is 3.32. The molecule has 10 nitrogen and oxygen atoms in total. The Bertz CT molecular complexity index is 1430. The van der Waals surface area contributed by atoms with Gasteiger partial charge in [0.1, 0.15) is 11.3 Å². The van der Waals surface area contributed by atoms with Crippen molar-refractivity contribution in [2.75, 3.05) is 19.4 Å². The van der Waals surface area contributed by atoms with Crippen molar-refractivity contribution in [3.63, 3.8) is 0 Å². The number of amides is 1. The van der Waals surface area contributed by atoms with Crippen molar-refractivity contribution < 1.29 is 22.7 Å². The molecule has 0 fully saturated rings. The number of hydrogen-bond acceptors (Lipinski definition) is 7. The third-order valence-corrected chi connectivity index (χ3v) is 5.59. The normalized spacial score (nSPS) is 16.6. The van der Waals surface area contributed by atoms with Gasteiger partial charge >= 0.3 is 10.2 Å². The summed E-state index contributed by atoms with van der Waals surface area (Å²) in [7, 11) is -1.00. The van der Waals surface area contributed by atoms with E-state index in [0.29, 0.717) is 11.3 Å². The van der Waals surface area contributed by atoms with E-state index < -0.39 is 22.2 Å². The van der Waals surface area contributed by atoms with Crippen LogP contribution in [0, 0.1) is 12.3 Å².